The van der Waals surface area contributed by atoms with E-state index < -0.39 is 12.1 Å². The number of hydrogen-bond donors (Lipinski definition) is 1. The zero-order valence-corrected chi connectivity index (χ0v) is 11.7. The molecule has 0 saturated carbocycles. The lowest BCUT2D eigenvalue weighted by Gasteiger charge is -2.14. The minimum absolute atomic E-state index is 0.263. The molecular weight excluding hydrogens is 275 g/mol. The Hall–Kier alpha value is -0.770. The van der Waals surface area contributed by atoms with Gasteiger partial charge in [-0.05, 0) is 30.2 Å². The molecule has 0 amide bonds. The predicted molar refractivity (Wildman–Crippen MR) is 72.4 cm³/mol. The van der Waals surface area contributed by atoms with Crippen LogP contribution in [0.4, 0.5) is 0 Å². The van der Waals surface area contributed by atoms with Crippen LogP contribution in [0, 0.1) is 0 Å². The van der Waals surface area contributed by atoms with Crippen molar-refractivity contribution in [2.45, 2.75) is 32.3 Å². The van der Waals surface area contributed by atoms with Gasteiger partial charge in [-0.2, -0.15) is 0 Å². The number of rotatable bonds is 7. The maximum atomic E-state index is 11.1. The molecule has 1 rings (SSSR count). The molecule has 0 aliphatic rings. The summed E-state index contributed by atoms with van der Waals surface area (Å²) in [6, 6.07) is 5.01. The molecule has 1 aromatic rings. The second kappa shape index (κ2) is 7.62. The van der Waals surface area contributed by atoms with E-state index in [0.29, 0.717) is 16.7 Å². The largest absolute Gasteiger partial charge is 0.479 e. The number of benzene rings is 1. The zero-order chi connectivity index (χ0) is 13.5. The average Bonchev–Trinajstić information content (AvgIpc) is 2.26. The average molecular weight is 291 g/mol. The first-order valence-electron chi connectivity index (χ1n) is 5.82. The molecule has 0 saturated heterocycles. The highest BCUT2D eigenvalue weighted by atomic mass is 35.5. The molecule has 0 aliphatic carbocycles. The van der Waals surface area contributed by atoms with Crippen LogP contribution in [-0.2, 0) is 16.0 Å². The van der Waals surface area contributed by atoms with Crippen molar-refractivity contribution in [3.8, 4) is 0 Å². The molecule has 1 aromatic carbocycles. The Morgan fingerprint density at radius 2 is 1.94 bits per heavy atom. The molecule has 100 valence electrons. The van der Waals surface area contributed by atoms with Gasteiger partial charge in [0, 0.05) is 23.1 Å². The highest BCUT2D eigenvalue weighted by molar-refractivity contribution is 6.34. The first-order chi connectivity index (χ1) is 8.52. The SMILES string of the molecule is CCCCO[C@H](Cc1cc(Cl)cc(Cl)c1)C(=O)O. The fourth-order valence-electron chi connectivity index (χ4n) is 1.53. The number of carboxylic acid groups (broad SMARTS) is 1. The first kappa shape index (κ1) is 15.3. The van der Waals surface area contributed by atoms with Gasteiger partial charge < -0.3 is 9.84 Å². The van der Waals surface area contributed by atoms with Crippen molar-refractivity contribution < 1.29 is 14.6 Å². The third-order valence-electron chi connectivity index (χ3n) is 2.44. The fraction of sp³-hybridized carbons (Fsp3) is 0.462. The Morgan fingerprint density at radius 3 is 2.44 bits per heavy atom. The summed E-state index contributed by atoms with van der Waals surface area (Å²) in [7, 11) is 0. The van der Waals surface area contributed by atoms with E-state index >= 15 is 0 Å². The van der Waals surface area contributed by atoms with Crippen LogP contribution in [0.25, 0.3) is 0 Å². The van der Waals surface area contributed by atoms with E-state index in [1.54, 1.807) is 18.2 Å². The van der Waals surface area contributed by atoms with E-state index in [9.17, 15) is 4.79 Å². The van der Waals surface area contributed by atoms with Crippen molar-refractivity contribution in [3.05, 3.63) is 33.8 Å². The number of ether oxygens (including phenoxy) is 1. The molecule has 5 heteroatoms. The van der Waals surface area contributed by atoms with Crippen LogP contribution in [0.2, 0.25) is 10.0 Å². The number of carbonyl (C=O) groups is 1. The summed E-state index contributed by atoms with van der Waals surface area (Å²) in [5.74, 6) is -0.970. The summed E-state index contributed by atoms with van der Waals surface area (Å²) in [6.07, 6.45) is 1.22. The highest BCUT2D eigenvalue weighted by Crippen LogP contribution is 2.20. The van der Waals surface area contributed by atoms with Crippen molar-refractivity contribution in [2.24, 2.45) is 0 Å². The van der Waals surface area contributed by atoms with Crippen LogP contribution in [0.1, 0.15) is 25.3 Å². The minimum atomic E-state index is -0.970. The number of aliphatic carboxylic acids is 1. The zero-order valence-electron chi connectivity index (χ0n) is 10.2. The second-order valence-corrected chi connectivity index (χ2v) is 4.91. The van der Waals surface area contributed by atoms with Gasteiger partial charge in [-0.15, -0.1) is 0 Å². The number of halogens is 2. The number of carboxylic acids is 1. The quantitative estimate of drug-likeness (QED) is 0.777. The van der Waals surface area contributed by atoms with Gasteiger partial charge in [0.05, 0.1) is 0 Å². The molecule has 0 heterocycles. The molecule has 0 aliphatic heterocycles. The van der Waals surface area contributed by atoms with Crippen LogP contribution in [0.5, 0.6) is 0 Å². The van der Waals surface area contributed by atoms with Gasteiger partial charge in [-0.25, -0.2) is 4.79 Å². The molecule has 0 unspecified atom stereocenters. The monoisotopic (exact) mass is 290 g/mol. The molecule has 1 atom stereocenters. The van der Waals surface area contributed by atoms with Crippen molar-refractivity contribution in [2.75, 3.05) is 6.61 Å². The number of unbranched alkanes of at least 4 members (excludes halogenated alkanes) is 1. The lowest BCUT2D eigenvalue weighted by molar-refractivity contribution is -0.150. The van der Waals surface area contributed by atoms with Crippen LogP contribution >= 0.6 is 23.2 Å². The van der Waals surface area contributed by atoms with Gasteiger partial charge in [0.2, 0.25) is 0 Å². The predicted octanol–water partition coefficient (Wildman–Crippen LogP) is 3.81. The van der Waals surface area contributed by atoms with E-state index in [2.05, 4.69) is 0 Å². The molecule has 0 bridgehead atoms. The van der Waals surface area contributed by atoms with Crippen molar-refractivity contribution in [1.82, 2.24) is 0 Å². The van der Waals surface area contributed by atoms with Crippen molar-refractivity contribution >= 4 is 29.2 Å². The Kier molecular flexibility index (Phi) is 6.47. The molecule has 0 radical (unpaired) electrons. The van der Waals surface area contributed by atoms with Gasteiger partial charge in [-0.1, -0.05) is 36.5 Å². The lowest BCUT2D eigenvalue weighted by atomic mass is 10.1. The topological polar surface area (TPSA) is 46.5 Å². The highest BCUT2D eigenvalue weighted by Gasteiger charge is 2.18. The summed E-state index contributed by atoms with van der Waals surface area (Å²) in [5, 5.41) is 10.1. The van der Waals surface area contributed by atoms with Gasteiger partial charge in [0.25, 0.3) is 0 Å². The summed E-state index contributed by atoms with van der Waals surface area (Å²) < 4.78 is 5.34. The second-order valence-electron chi connectivity index (χ2n) is 4.03. The lowest BCUT2D eigenvalue weighted by Crippen LogP contribution is -2.26. The van der Waals surface area contributed by atoms with E-state index in [1.807, 2.05) is 6.92 Å². The Bertz CT molecular complexity index is 387. The van der Waals surface area contributed by atoms with E-state index in [0.717, 1.165) is 18.4 Å². The minimum Gasteiger partial charge on any atom is -0.479 e. The Labute approximate surface area is 117 Å². The summed E-state index contributed by atoms with van der Waals surface area (Å²) in [4.78, 5) is 11.1. The van der Waals surface area contributed by atoms with Crippen LogP contribution in [-0.4, -0.2) is 23.8 Å². The van der Waals surface area contributed by atoms with Gasteiger partial charge in [-0.3, -0.25) is 0 Å². The van der Waals surface area contributed by atoms with E-state index in [4.69, 9.17) is 33.0 Å². The maximum absolute atomic E-state index is 11.1. The number of hydrogen-bond acceptors (Lipinski definition) is 2. The molecule has 0 fully saturated rings. The smallest absolute Gasteiger partial charge is 0.333 e. The standard InChI is InChI=1S/C13H16Cl2O3/c1-2-3-4-18-12(13(16)17)7-9-5-10(14)8-11(15)6-9/h5-6,8,12H,2-4,7H2,1H3,(H,16,17)/t12-/m1/s1. The van der Waals surface area contributed by atoms with Crippen molar-refractivity contribution in [1.29, 1.82) is 0 Å². The third-order valence-corrected chi connectivity index (χ3v) is 2.87. The summed E-state index contributed by atoms with van der Waals surface area (Å²) in [5.41, 5.74) is 0.761. The Balaban J connectivity index is 2.67. The third kappa shape index (κ3) is 5.25. The maximum Gasteiger partial charge on any atom is 0.333 e. The van der Waals surface area contributed by atoms with Crippen LogP contribution in [0.3, 0.4) is 0 Å². The summed E-state index contributed by atoms with van der Waals surface area (Å²) >= 11 is 11.7. The molecule has 1 N–H and O–H groups in total. The van der Waals surface area contributed by atoms with Gasteiger partial charge in [0.1, 0.15) is 0 Å². The molecule has 0 aromatic heterocycles. The fourth-order valence-corrected chi connectivity index (χ4v) is 2.10. The van der Waals surface area contributed by atoms with Gasteiger partial charge >= 0.3 is 5.97 Å². The van der Waals surface area contributed by atoms with Crippen LogP contribution < -0.4 is 0 Å². The normalized spacial score (nSPS) is 12.4. The van der Waals surface area contributed by atoms with Crippen LogP contribution in [0.15, 0.2) is 18.2 Å². The Morgan fingerprint density at radius 1 is 1.33 bits per heavy atom. The first-order valence-corrected chi connectivity index (χ1v) is 6.58. The molecule has 0 spiro atoms. The molecule has 18 heavy (non-hydrogen) atoms. The molecule has 3 nitrogen and oxygen atoms in total. The van der Waals surface area contributed by atoms with Crippen molar-refractivity contribution in [3.63, 3.8) is 0 Å². The van der Waals surface area contributed by atoms with Gasteiger partial charge in [0.15, 0.2) is 6.10 Å². The summed E-state index contributed by atoms with van der Waals surface area (Å²) in [6.45, 7) is 2.47. The van der Waals surface area contributed by atoms with E-state index in [1.165, 1.54) is 0 Å². The van der Waals surface area contributed by atoms with E-state index in [-0.39, 0.29) is 6.42 Å². The molecular formula is C13H16Cl2O3.